The number of rotatable bonds is 3. The molecule has 0 atom stereocenters. The second-order valence-electron chi connectivity index (χ2n) is 3.89. The van der Waals surface area contributed by atoms with Gasteiger partial charge in [-0.25, -0.2) is 0 Å². The normalized spacial score (nSPS) is 10.2. The smallest absolute Gasteiger partial charge is 0.0991 e. The number of aryl methyl sites for hydroxylation is 2. The maximum atomic E-state index is 8.80. The molecule has 4 heteroatoms. The fraction of sp³-hybridized carbons (Fsp3) is 0.231. The molecule has 17 heavy (non-hydrogen) atoms. The third-order valence-corrected chi connectivity index (χ3v) is 3.55. The van der Waals surface area contributed by atoms with E-state index in [2.05, 4.69) is 11.2 Å². The number of nitriles is 1. The van der Waals surface area contributed by atoms with Crippen molar-refractivity contribution in [3.8, 4) is 6.07 Å². The lowest BCUT2D eigenvalue weighted by Gasteiger charge is -2.04. The Morgan fingerprint density at radius 2 is 2.29 bits per heavy atom. The van der Waals surface area contributed by atoms with Gasteiger partial charge >= 0.3 is 0 Å². The Morgan fingerprint density at radius 3 is 2.88 bits per heavy atom. The Hall–Kier alpha value is -1.73. The summed E-state index contributed by atoms with van der Waals surface area (Å²) in [6.07, 6.45) is 3.87. The third-order valence-electron chi connectivity index (χ3n) is 2.55. The van der Waals surface area contributed by atoms with E-state index < -0.39 is 0 Å². The first-order chi connectivity index (χ1) is 8.19. The molecule has 0 aliphatic rings. The summed E-state index contributed by atoms with van der Waals surface area (Å²) in [6.45, 7) is 2.04. The molecule has 0 fully saturated rings. The lowest BCUT2D eigenvalue weighted by Crippen LogP contribution is -1.87. The molecule has 1 aromatic heterocycles. The standard InChI is InChI=1S/C13H13N3S/c1-10-5-11(6-14)3-4-12(10)9-17-13-7-15-16(2)8-13/h3-5,7-8H,9H2,1-2H3. The maximum Gasteiger partial charge on any atom is 0.0991 e. The highest BCUT2D eigenvalue weighted by atomic mass is 32.2. The van der Waals surface area contributed by atoms with Gasteiger partial charge < -0.3 is 0 Å². The van der Waals surface area contributed by atoms with Crippen LogP contribution in [0.2, 0.25) is 0 Å². The van der Waals surface area contributed by atoms with Gasteiger partial charge in [-0.3, -0.25) is 4.68 Å². The van der Waals surface area contributed by atoms with E-state index in [1.165, 1.54) is 11.1 Å². The van der Waals surface area contributed by atoms with Crippen molar-refractivity contribution in [2.45, 2.75) is 17.6 Å². The van der Waals surface area contributed by atoms with Gasteiger partial charge in [0.05, 0.1) is 17.8 Å². The largest absolute Gasteiger partial charge is 0.275 e. The van der Waals surface area contributed by atoms with Crippen molar-refractivity contribution < 1.29 is 0 Å². The van der Waals surface area contributed by atoms with Crippen LogP contribution in [0.5, 0.6) is 0 Å². The van der Waals surface area contributed by atoms with E-state index in [1.54, 1.807) is 16.4 Å². The van der Waals surface area contributed by atoms with Crippen LogP contribution >= 0.6 is 11.8 Å². The highest BCUT2D eigenvalue weighted by molar-refractivity contribution is 7.98. The van der Waals surface area contributed by atoms with Crippen molar-refractivity contribution in [1.29, 1.82) is 5.26 Å². The number of hydrogen-bond donors (Lipinski definition) is 0. The summed E-state index contributed by atoms with van der Waals surface area (Å²) < 4.78 is 1.80. The average Bonchev–Trinajstić information content (AvgIpc) is 2.73. The summed E-state index contributed by atoms with van der Waals surface area (Å²) in [5, 5.41) is 12.9. The minimum atomic E-state index is 0.720. The van der Waals surface area contributed by atoms with Crippen molar-refractivity contribution in [1.82, 2.24) is 9.78 Å². The Kier molecular flexibility index (Phi) is 3.50. The molecule has 0 aliphatic carbocycles. The van der Waals surface area contributed by atoms with Gasteiger partial charge in [0.25, 0.3) is 0 Å². The number of aromatic nitrogens is 2. The van der Waals surface area contributed by atoms with Gasteiger partial charge in [0.15, 0.2) is 0 Å². The molecule has 0 spiro atoms. The number of thioether (sulfide) groups is 1. The quantitative estimate of drug-likeness (QED) is 0.778. The minimum absolute atomic E-state index is 0.720. The van der Waals surface area contributed by atoms with Gasteiger partial charge in [-0.1, -0.05) is 6.07 Å². The fourth-order valence-electron chi connectivity index (χ4n) is 1.56. The number of hydrogen-bond acceptors (Lipinski definition) is 3. The van der Waals surface area contributed by atoms with Crippen molar-refractivity contribution in [2.24, 2.45) is 7.05 Å². The van der Waals surface area contributed by atoms with E-state index in [1.807, 2.05) is 44.6 Å². The molecule has 1 aromatic carbocycles. The minimum Gasteiger partial charge on any atom is -0.275 e. The molecule has 1 heterocycles. The van der Waals surface area contributed by atoms with Gasteiger partial charge in [-0.15, -0.1) is 11.8 Å². The van der Waals surface area contributed by atoms with Crippen LogP contribution < -0.4 is 0 Å². The Bertz CT molecular complexity index is 566. The molecule has 0 aliphatic heterocycles. The Labute approximate surface area is 105 Å². The average molecular weight is 243 g/mol. The summed E-state index contributed by atoms with van der Waals surface area (Å²) in [7, 11) is 1.91. The molecule has 2 rings (SSSR count). The van der Waals surface area contributed by atoms with E-state index in [4.69, 9.17) is 5.26 Å². The SMILES string of the molecule is Cc1cc(C#N)ccc1CSc1cnn(C)c1. The van der Waals surface area contributed by atoms with Crippen molar-refractivity contribution in [3.63, 3.8) is 0 Å². The first-order valence-electron chi connectivity index (χ1n) is 5.30. The van der Waals surface area contributed by atoms with Gasteiger partial charge in [-0.2, -0.15) is 10.4 Å². The molecule has 0 bridgehead atoms. The zero-order valence-electron chi connectivity index (χ0n) is 9.84. The first kappa shape index (κ1) is 11.7. The van der Waals surface area contributed by atoms with E-state index in [-0.39, 0.29) is 0 Å². The predicted octanol–water partition coefficient (Wildman–Crippen LogP) is 2.89. The van der Waals surface area contributed by atoms with Gasteiger partial charge in [0.1, 0.15) is 0 Å². The van der Waals surface area contributed by atoms with E-state index in [9.17, 15) is 0 Å². The molecule has 0 amide bonds. The molecule has 0 saturated carbocycles. The molecule has 0 unspecified atom stereocenters. The second kappa shape index (κ2) is 5.07. The number of benzene rings is 1. The van der Waals surface area contributed by atoms with Gasteiger partial charge in [0, 0.05) is 23.9 Å². The van der Waals surface area contributed by atoms with Crippen molar-refractivity contribution in [3.05, 3.63) is 47.3 Å². The monoisotopic (exact) mass is 243 g/mol. The second-order valence-corrected chi connectivity index (χ2v) is 4.94. The lowest BCUT2D eigenvalue weighted by molar-refractivity contribution is 0.766. The molecular weight excluding hydrogens is 230 g/mol. The molecule has 0 N–H and O–H groups in total. The van der Waals surface area contributed by atoms with Crippen LogP contribution in [0, 0.1) is 18.3 Å². The fourth-order valence-corrected chi connectivity index (χ4v) is 2.56. The molecule has 0 saturated heterocycles. The van der Waals surface area contributed by atoms with Crippen LogP contribution in [0.1, 0.15) is 16.7 Å². The highest BCUT2D eigenvalue weighted by Crippen LogP contribution is 2.24. The number of nitrogens with zero attached hydrogens (tertiary/aromatic N) is 3. The molecular formula is C13H13N3S. The lowest BCUT2D eigenvalue weighted by atomic mass is 10.1. The molecule has 2 aromatic rings. The zero-order chi connectivity index (χ0) is 12.3. The summed E-state index contributed by atoms with van der Waals surface area (Å²) >= 11 is 1.76. The van der Waals surface area contributed by atoms with Crippen LogP contribution in [-0.4, -0.2) is 9.78 Å². The van der Waals surface area contributed by atoms with Crippen LogP contribution in [0.4, 0.5) is 0 Å². The van der Waals surface area contributed by atoms with Crippen molar-refractivity contribution >= 4 is 11.8 Å². The van der Waals surface area contributed by atoms with E-state index in [0.29, 0.717) is 0 Å². The third kappa shape index (κ3) is 2.89. The Morgan fingerprint density at radius 1 is 1.47 bits per heavy atom. The summed E-state index contributed by atoms with van der Waals surface area (Å²) in [4.78, 5) is 1.16. The summed E-state index contributed by atoms with van der Waals surface area (Å²) in [6, 6.07) is 7.97. The summed E-state index contributed by atoms with van der Waals surface area (Å²) in [5.74, 6) is 0.906. The van der Waals surface area contributed by atoms with Crippen LogP contribution in [0.3, 0.4) is 0 Å². The maximum absolute atomic E-state index is 8.80. The van der Waals surface area contributed by atoms with Gasteiger partial charge in [-0.05, 0) is 30.2 Å². The van der Waals surface area contributed by atoms with E-state index in [0.717, 1.165) is 16.2 Å². The predicted molar refractivity (Wildman–Crippen MR) is 68.7 cm³/mol. The molecule has 0 radical (unpaired) electrons. The van der Waals surface area contributed by atoms with Crippen LogP contribution in [-0.2, 0) is 12.8 Å². The summed E-state index contributed by atoms with van der Waals surface area (Å²) in [5.41, 5.74) is 3.15. The van der Waals surface area contributed by atoms with Crippen LogP contribution in [0.15, 0.2) is 35.5 Å². The molecule has 86 valence electrons. The Balaban J connectivity index is 2.07. The topological polar surface area (TPSA) is 41.6 Å². The van der Waals surface area contributed by atoms with Crippen LogP contribution in [0.25, 0.3) is 0 Å². The zero-order valence-corrected chi connectivity index (χ0v) is 10.7. The van der Waals surface area contributed by atoms with Gasteiger partial charge in [0.2, 0.25) is 0 Å². The van der Waals surface area contributed by atoms with Crippen molar-refractivity contribution in [2.75, 3.05) is 0 Å². The molecule has 3 nitrogen and oxygen atoms in total. The highest BCUT2D eigenvalue weighted by Gasteiger charge is 2.02. The van der Waals surface area contributed by atoms with E-state index >= 15 is 0 Å². The first-order valence-corrected chi connectivity index (χ1v) is 6.28.